The summed E-state index contributed by atoms with van der Waals surface area (Å²) >= 11 is 0. The first kappa shape index (κ1) is 15.1. The van der Waals surface area contributed by atoms with Crippen molar-refractivity contribution in [3.63, 3.8) is 0 Å². The van der Waals surface area contributed by atoms with Gasteiger partial charge in [0, 0.05) is 0 Å². The van der Waals surface area contributed by atoms with Gasteiger partial charge in [-0.15, -0.1) is 0 Å². The molecule has 106 valence electrons. The topological polar surface area (TPSA) is 143 Å². The summed E-state index contributed by atoms with van der Waals surface area (Å²) in [7, 11) is -3.26. The molecule has 0 aliphatic heterocycles. The highest BCUT2D eigenvalue weighted by Crippen LogP contribution is 2.14. The van der Waals surface area contributed by atoms with Crippen LogP contribution in [-0.2, 0) is 19.6 Å². The standard InChI is InChI=1S/C9H11NO8S/c1-17-9(14)5(4-11)10-19(15,16)7-3-2-6(18-7)8(12)13/h2-3,5,10-11H,4H2,1H3,(H,12,13). The number of carbonyl (C=O) groups excluding carboxylic acids is 1. The number of carboxylic acids is 1. The number of ether oxygens (including phenoxy) is 1. The smallest absolute Gasteiger partial charge is 0.371 e. The number of aliphatic hydroxyl groups excluding tert-OH is 1. The zero-order valence-corrected chi connectivity index (χ0v) is 10.5. The van der Waals surface area contributed by atoms with Gasteiger partial charge in [-0.1, -0.05) is 0 Å². The van der Waals surface area contributed by atoms with Gasteiger partial charge in [0.1, 0.15) is 6.04 Å². The third kappa shape index (κ3) is 3.53. The summed E-state index contributed by atoms with van der Waals surface area (Å²) in [6.07, 6.45) is 0. The van der Waals surface area contributed by atoms with E-state index in [1.54, 1.807) is 0 Å². The second kappa shape index (κ2) is 5.82. The molecule has 1 aromatic rings. The van der Waals surface area contributed by atoms with E-state index in [2.05, 4.69) is 9.15 Å². The Kier molecular flexibility index (Phi) is 4.64. The van der Waals surface area contributed by atoms with Gasteiger partial charge in [0.15, 0.2) is 0 Å². The Balaban J connectivity index is 2.96. The zero-order chi connectivity index (χ0) is 14.6. The molecule has 1 atom stereocenters. The van der Waals surface area contributed by atoms with Gasteiger partial charge < -0.3 is 19.4 Å². The molecule has 0 amide bonds. The van der Waals surface area contributed by atoms with E-state index in [4.69, 9.17) is 10.2 Å². The maximum atomic E-state index is 11.7. The second-order valence-electron chi connectivity index (χ2n) is 3.30. The van der Waals surface area contributed by atoms with E-state index < -0.39 is 45.5 Å². The lowest BCUT2D eigenvalue weighted by atomic mass is 10.3. The summed E-state index contributed by atoms with van der Waals surface area (Å²) in [6.45, 7) is -0.821. The first-order chi connectivity index (χ1) is 8.81. The van der Waals surface area contributed by atoms with E-state index in [-0.39, 0.29) is 0 Å². The van der Waals surface area contributed by atoms with Gasteiger partial charge in [0.25, 0.3) is 10.0 Å². The first-order valence-electron chi connectivity index (χ1n) is 4.86. The fraction of sp³-hybridized carbons (Fsp3) is 0.333. The summed E-state index contributed by atoms with van der Waals surface area (Å²) < 4.78 is 34.2. The molecular weight excluding hydrogens is 282 g/mol. The van der Waals surface area contributed by atoms with Crippen LogP contribution in [0.3, 0.4) is 0 Å². The van der Waals surface area contributed by atoms with Crippen LogP contribution in [-0.4, -0.2) is 50.3 Å². The van der Waals surface area contributed by atoms with Gasteiger partial charge in [-0.2, -0.15) is 4.72 Å². The van der Waals surface area contributed by atoms with Gasteiger partial charge in [0.2, 0.25) is 10.9 Å². The van der Waals surface area contributed by atoms with E-state index in [0.717, 1.165) is 19.2 Å². The molecule has 0 saturated heterocycles. The Bertz CT molecular complexity index is 575. The highest BCUT2D eigenvalue weighted by atomic mass is 32.2. The molecule has 1 rings (SSSR count). The number of methoxy groups -OCH3 is 1. The number of furan rings is 1. The quantitative estimate of drug-likeness (QED) is 0.554. The fourth-order valence-corrected chi connectivity index (χ4v) is 2.24. The van der Waals surface area contributed by atoms with Crippen LogP contribution in [0.2, 0.25) is 0 Å². The van der Waals surface area contributed by atoms with Crippen molar-refractivity contribution >= 4 is 22.0 Å². The molecule has 0 saturated carbocycles. The van der Waals surface area contributed by atoms with Crippen LogP contribution in [0.25, 0.3) is 0 Å². The lowest BCUT2D eigenvalue weighted by molar-refractivity contribution is -0.143. The molecule has 0 aliphatic rings. The number of carbonyl (C=O) groups is 2. The molecular formula is C9H11NO8S. The number of hydrogen-bond acceptors (Lipinski definition) is 7. The van der Waals surface area contributed by atoms with Crippen molar-refractivity contribution in [1.29, 1.82) is 0 Å². The van der Waals surface area contributed by atoms with Crippen LogP contribution < -0.4 is 4.72 Å². The molecule has 0 spiro atoms. The average molecular weight is 293 g/mol. The average Bonchev–Trinajstić information content (AvgIpc) is 2.85. The van der Waals surface area contributed by atoms with Crippen molar-refractivity contribution < 1.29 is 37.4 Å². The van der Waals surface area contributed by atoms with Crippen LogP contribution in [0.1, 0.15) is 10.6 Å². The lowest BCUT2D eigenvalue weighted by Gasteiger charge is -2.12. The largest absolute Gasteiger partial charge is 0.475 e. The van der Waals surface area contributed by atoms with E-state index in [1.165, 1.54) is 0 Å². The number of sulfonamides is 1. The molecule has 0 radical (unpaired) electrons. The number of aromatic carboxylic acids is 1. The molecule has 0 aromatic carbocycles. The molecule has 3 N–H and O–H groups in total. The Labute approximate surface area is 107 Å². The summed E-state index contributed by atoms with van der Waals surface area (Å²) in [6, 6.07) is 0.355. The third-order valence-corrected chi connectivity index (χ3v) is 3.37. The molecule has 10 heteroatoms. The molecule has 0 bridgehead atoms. The number of aliphatic hydroxyl groups is 1. The Morgan fingerprint density at radius 2 is 2.11 bits per heavy atom. The highest BCUT2D eigenvalue weighted by Gasteiger charge is 2.28. The van der Waals surface area contributed by atoms with Crippen LogP contribution in [0.4, 0.5) is 0 Å². The highest BCUT2D eigenvalue weighted by molar-refractivity contribution is 7.89. The predicted octanol–water partition coefficient (Wildman–Crippen LogP) is -1.21. The predicted molar refractivity (Wildman–Crippen MR) is 58.9 cm³/mol. The van der Waals surface area contributed by atoms with Crippen molar-refractivity contribution in [3.8, 4) is 0 Å². The molecule has 19 heavy (non-hydrogen) atoms. The van der Waals surface area contributed by atoms with Crippen LogP contribution in [0.15, 0.2) is 21.6 Å². The van der Waals surface area contributed by atoms with Gasteiger partial charge >= 0.3 is 11.9 Å². The van der Waals surface area contributed by atoms with Crippen molar-refractivity contribution in [3.05, 3.63) is 17.9 Å². The lowest BCUT2D eigenvalue weighted by Crippen LogP contribution is -2.43. The molecule has 0 aliphatic carbocycles. The zero-order valence-electron chi connectivity index (χ0n) is 9.69. The van der Waals surface area contributed by atoms with Crippen molar-refractivity contribution in [2.75, 3.05) is 13.7 Å². The van der Waals surface area contributed by atoms with Crippen LogP contribution >= 0.6 is 0 Å². The monoisotopic (exact) mass is 293 g/mol. The molecule has 1 aromatic heterocycles. The Hall–Kier alpha value is -1.91. The van der Waals surface area contributed by atoms with E-state index in [0.29, 0.717) is 0 Å². The van der Waals surface area contributed by atoms with Gasteiger partial charge in [0.05, 0.1) is 13.7 Å². The minimum Gasteiger partial charge on any atom is -0.475 e. The summed E-state index contributed by atoms with van der Waals surface area (Å²) in [5.41, 5.74) is 0. The van der Waals surface area contributed by atoms with E-state index in [9.17, 15) is 18.0 Å². The van der Waals surface area contributed by atoms with Crippen molar-refractivity contribution in [2.24, 2.45) is 0 Å². The minimum absolute atomic E-state index is 0.570. The summed E-state index contributed by atoms with van der Waals surface area (Å²) in [5, 5.41) is 16.8. The van der Waals surface area contributed by atoms with Crippen LogP contribution in [0, 0.1) is 0 Å². The van der Waals surface area contributed by atoms with E-state index in [1.807, 2.05) is 4.72 Å². The van der Waals surface area contributed by atoms with Crippen molar-refractivity contribution in [1.82, 2.24) is 4.72 Å². The minimum atomic E-state index is -4.28. The third-order valence-electron chi connectivity index (χ3n) is 2.02. The normalized spacial score (nSPS) is 12.9. The first-order valence-corrected chi connectivity index (χ1v) is 6.34. The summed E-state index contributed by atoms with van der Waals surface area (Å²) in [5.74, 6) is -3.00. The number of esters is 1. The molecule has 1 unspecified atom stereocenters. The maximum absolute atomic E-state index is 11.7. The van der Waals surface area contributed by atoms with Gasteiger partial charge in [-0.05, 0) is 12.1 Å². The van der Waals surface area contributed by atoms with Crippen LogP contribution in [0.5, 0.6) is 0 Å². The molecule has 0 fully saturated rings. The summed E-state index contributed by atoms with van der Waals surface area (Å²) in [4.78, 5) is 21.7. The fourth-order valence-electron chi connectivity index (χ4n) is 1.13. The van der Waals surface area contributed by atoms with Crippen molar-refractivity contribution in [2.45, 2.75) is 11.1 Å². The second-order valence-corrected chi connectivity index (χ2v) is 4.95. The SMILES string of the molecule is COC(=O)C(CO)NS(=O)(=O)c1ccc(C(=O)O)o1. The van der Waals surface area contributed by atoms with Gasteiger partial charge in [-0.25, -0.2) is 13.2 Å². The number of hydrogen-bond donors (Lipinski definition) is 3. The Morgan fingerprint density at radius 1 is 1.47 bits per heavy atom. The van der Waals surface area contributed by atoms with E-state index >= 15 is 0 Å². The molecule has 9 nitrogen and oxygen atoms in total. The number of carboxylic acid groups (broad SMARTS) is 1. The number of nitrogens with one attached hydrogen (secondary N) is 1. The maximum Gasteiger partial charge on any atom is 0.371 e. The Morgan fingerprint density at radius 3 is 2.53 bits per heavy atom. The number of rotatable bonds is 6. The van der Waals surface area contributed by atoms with Gasteiger partial charge in [-0.3, -0.25) is 4.79 Å². The molecule has 1 heterocycles.